The monoisotopic (exact) mass is 256 g/mol. The molecule has 0 aliphatic heterocycles. The summed E-state index contributed by atoms with van der Waals surface area (Å²) in [6, 6.07) is 7.17. The lowest BCUT2D eigenvalue weighted by molar-refractivity contribution is 0.0947. The molecule has 19 heavy (non-hydrogen) atoms. The van der Waals surface area contributed by atoms with Gasteiger partial charge in [0, 0.05) is 17.0 Å². The van der Waals surface area contributed by atoms with Crippen LogP contribution in [0, 0.1) is 6.92 Å². The van der Waals surface area contributed by atoms with Gasteiger partial charge in [0.1, 0.15) is 0 Å². The summed E-state index contributed by atoms with van der Waals surface area (Å²) in [5, 5.41) is 14.3. The summed E-state index contributed by atoms with van der Waals surface area (Å²) in [6.45, 7) is 2.15. The first-order valence-corrected chi connectivity index (χ1v) is 5.86. The van der Waals surface area contributed by atoms with Crippen LogP contribution >= 0.6 is 0 Å². The molecule has 0 saturated carbocycles. The molecule has 3 aromatic rings. The van der Waals surface area contributed by atoms with Gasteiger partial charge < -0.3 is 9.84 Å². The lowest BCUT2D eigenvalue weighted by Crippen LogP contribution is -2.22. The number of H-pyrrole nitrogens is 1. The number of carbonyl (C=O) groups excluding carboxylic acids is 1. The third-order valence-electron chi connectivity index (χ3n) is 2.80. The Hall–Kier alpha value is -2.63. The van der Waals surface area contributed by atoms with Crippen molar-refractivity contribution in [3.63, 3.8) is 0 Å². The van der Waals surface area contributed by atoms with Crippen molar-refractivity contribution in [1.29, 1.82) is 0 Å². The fourth-order valence-electron chi connectivity index (χ4n) is 1.85. The summed E-state index contributed by atoms with van der Waals surface area (Å²) in [5.41, 5.74) is 2.21. The highest BCUT2D eigenvalue weighted by molar-refractivity contribution is 5.97. The van der Waals surface area contributed by atoms with Gasteiger partial charge in [0.05, 0.1) is 24.0 Å². The molecule has 0 spiro atoms. The summed E-state index contributed by atoms with van der Waals surface area (Å²) < 4.78 is 5.03. The minimum Gasteiger partial charge on any atom is -0.359 e. The Balaban J connectivity index is 1.72. The molecule has 3 rings (SSSR count). The van der Waals surface area contributed by atoms with Crippen LogP contribution in [0.5, 0.6) is 0 Å². The SMILES string of the molecule is Cc1cc(CNC(=O)c2ccc3cn[nH]c3c2)on1. The van der Waals surface area contributed by atoms with Gasteiger partial charge in [-0.3, -0.25) is 9.89 Å². The van der Waals surface area contributed by atoms with Gasteiger partial charge in [-0.25, -0.2) is 0 Å². The average Bonchev–Trinajstić information content (AvgIpc) is 3.03. The third-order valence-corrected chi connectivity index (χ3v) is 2.80. The molecule has 1 amide bonds. The van der Waals surface area contributed by atoms with Crippen LogP contribution in [0.3, 0.4) is 0 Å². The van der Waals surface area contributed by atoms with E-state index in [-0.39, 0.29) is 5.91 Å². The van der Waals surface area contributed by atoms with Crippen molar-refractivity contribution in [3.05, 3.63) is 47.5 Å². The quantitative estimate of drug-likeness (QED) is 0.748. The molecule has 0 aliphatic carbocycles. The number of rotatable bonds is 3. The zero-order valence-electron chi connectivity index (χ0n) is 10.3. The number of hydrogen-bond acceptors (Lipinski definition) is 4. The Morgan fingerprint density at radius 1 is 1.42 bits per heavy atom. The Morgan fingerprint density at radius 3 is 3.11 bits per heavy atom. The number of amides is 1. The predicted molar refractivity (Wildman–Crippen MR) is 68.5 cm³/mol. The molecule has 0 saturated heterocycles. The van der Waals surface area contributed by atoms with Crippen LogP contribution in [0.2, 0.25) is 0 Å². The van der Waals surface area contributed by atoms with Gasteiger partial charge in [-0.15, -0.1) is 0 Å². The van der Waals surface area contributed by atoms with Crippen LogP contribution in [0.25, 0.3) is 10.9 Å². The molecule has 0 unspecified atom stereocenters. The molecule has 6 nitrogen and oxygen atoms in total. The summed E-state index contributed by atoms with van der Waals surface area (Å²) in [4.78, 5) is 12.0. The van der Waals surface area contributed by atoms with Crippen molar-refractivity contribution in [2.24, 2.45) is 0 Å². The van der Waals surface area contributed by atoms with Crippen molar-refractivity contribution in [2.75, 3.05) is 0 Å². The Labute approximate surface area is 108 Å². The van der Waals surface area contributed by atoms with Crippen molar-refractivity contribution >= 4 is 16.8 Å². The molecular weight excluding hydrogens is 244 g/mol. The number of carbonyl (C=O) groups is 1. The summed E-state index contributed by atoms with van der Waals surface area (Å²) in [7, 11) is 0. The number of aromatic nitrogens is 3. The zero-order chi connectivity index (χ0) is 13.2. The van der Waals surface area contributed by atoms with E-state index in [0.717, 1.165) is 16.6 Å². The van der Waals surface area contributed by atoms with E-state index in [9.17, 15) is 4.79 Å². The van der Waals surface area contributed by atoms with Crippen LogP contribution in [-0.2, 0) is 6.54 Å². The third kappa shape index (κ3) is 2.33. The number of nitrogens with zero attached hydrogens (tertiary/aromatic N) is 2. The maximum Gasteiger partial charge on any atom is 0.251 e. The van der Waals surface area contributed by atoms with Crippen molar-refractivity contribution in [3.8, 4) is 0 Å². The molecule has 0 bridgehead atoms. The fourth-order valence-corrected chi connectivity index (χ4v) is 1.85. The Bertz CT molecular complexity index is 729. The number of hydrogen-bond donors (Lipinski definition) is 2. The molecule has 2 N–H and O–H groups in total. The molecule has 6 heteroatoms. The van der Waals surface area contributed by atoms with Gasteiger partial charge in [0.25, 0.3) is 5.91 Å². The van der Waals surface area contributed by atoms with E-state index in [4.69, 9.17) is 4.52 Å². The van der Waals surface area contributed by atoms with Gasteiger partial charge >= 0.3 is 0 Å². The van der Waals surface area contributed by atoms with E-state index < -0.39 is 0 Å². The summed E-state index contributed by atoms with van der Waals surface area (Å²) in [5.74, 6) is 0.471. The van der Waals surface area contributed by atoms with Crippen molar-refractivity contribution < 1.29 is 9.32 Å². The van der Waals surface area contributed by atoms with Gasteiger partial charge in [0.15, 0.2) is 5.76 Å². The van der Waals surface area contributed by atoms with Crippen LogP contribution in [0.4, 0.5) is 0 Å². The lowest BCUT2D eigenvalue weighted by atomic mass is 10.1. The normalized spacial score (nSPS) is 10.8. The van der Waals surface area contributed by atoms with Gasteiger partial charge in [0.2, 0.25) is 0 Å². The highest BCUT2D eigenvalue weighted by atomic mass is 16.5. The van der Waals surface area contributed by atoms with E-state index in [2.05, 4.69) is 20.7 Å². The second-order valence-electron chi connectivity index (χ2n) is 4.29. The minimum atomic E-state index is -0.162. The van der Waals surface area contributed by atoms with Crippen LogP contribution < -0.4 is 5.32 Å². The van der Waals surface area contributed by atoms with Gasteiger partial charge in [-0.1, -0.05) is 11.2 Å². The highest BCUT2D eigenvalue weighted by Gasteiger charge is 2.08. The summed E-state index contributed by atoms with van der Waals surface area (Å²) >= 11 is 0. The summed E-state index contributed by atoms with van der Waals surface area (Å²) in [6.07, 6.45) is 1.72. The first-order valence-electron chi connectivity index (χ1n) is 5.86. The molecular formula is C13H12N4O2. The van der Waals surface area contributed by atoms with E-state index in [1.165, 1.54) is 0 Å². The lowest BCUT2D eigenvalue weighted by Gasteiger charge is -2.02. The van der Waals surface area contributed by atoms with Crippen LogP contribution in [-0.4, -0.2) is 21.3 Å². The second-order valence-corrected chi connectivity index (χ2v) is 4.29. The van der Waals surface area contributed by atoms with E-state index in [1.54, 1.807) is 24.4 Å². The zero-order valence-corrected chi connectivity index (χ0v) is 10.3. The van der Waals surface area contributed by atoms with Crippen LogP contribution in [0.1, 0.15) is 21.8 Å². The topological polar surface area (TPSA) is 83.8 Å². The van der Waals surface area contributed by atoms with E-state index in [1.807, 2.05) is 13.0 Å². The van der Waals surface area contributed by atoms with E-state index >= 15 is 0 Å². The number of fused-ring (bicyclic) bond motifs is 1. The number of aromatic amines is 1. The molecule has 0 fully saturated rings. The highest BCUT2D eigenvalue weighted by Crippen LogP contribution is 2.12. The maximum absolute atomic E-state index is 12.0. The predicted octanol–water partition coefficient (Wildman–Crippen LogP) is 1.79. The standard InChI is InChI=1S/C13H12N4O2/c1-8-4-11(19-17-8)7-14-13(18)9-2-3-10-6-15-16-12(10)5-9/h2-6H,7H2,1H3,(H,14,18)(H,15,16). The molecule has 1 aromatic carbocycles. The number of nitrogens with one attached hydrogen (secondary N) is 2. The largest absolute Gasteiger partial charge is 0.359 e. The minimum absolute atomic E-state index is 0.162. The number of benzene rings is 1. The van der Waals surface area contributed by atoms with Gasteiger partial charge in [-0.2, -0.15) is 5.10 Å². The fraction of sp³-hybridized carbons (Fsp3) is 0.154. The molecule has 2 aromatic heterocycles. The molecule has 0 radical (unpaired) electrons. The maximum atomic E-state index is 12.0. The average molecular weight is 256 g/mol. The molecule has 2 heterocycles. The molecule has 0 atom stereocenters. The van der Waals surface area contributed by atoms with Gasteiger partial charge in [-0.05, 0) is 19.1 Å². The molecule has 0 aliphatic rings. The van der Waals surface area contributed by atoms with E-state index in [0.29, 0.717) is 17.9 Å². The Kier molecular flexibility index (Phi) is 2.75. The van der Waals surface area contributed by atoms with Crippen LogP contribution in [0.15, 0.2) is 35.0 Å². The van der Waals surface area contributed by atoms with Crippen molar-refractivity contribution in [2.45, 2.75) is 13.5 Å². The second kappa shape index (κ2) is 4.56. The number of aryl methyl sites for hydroxylation is 1. The molecule has 96 valence electrons. The first-order chi connectivity index (χ1) is 9.22. The van der Waals surface area contributed by atoms with Crippen molar-refractivity contribution in [1.82, 2.24) is 20.7 Å². The first kappa shape index (κ1) is 11.5. The smallest absolute Gasteiger partial charge is 0.251 e. The Morgan fingerprint density at radius 2 is 2.32 bits per heavy atom.